The fraction of sp³-hybridized carbons (Fsp3) is 0.848. The van der Waals surface area contributed by atoms with Crippen LogP contribution in [-0.4, -0.2) is 71.9 Å². The van der Waals surface area contributed by atoms with E-state index in [0.29, 0.717) is 38.2 Å². The Morgan fingerprint density at radius 3 is 2.35 bits per heavy atom. The smallest absolute Gasteiger partial charge is 0.305 e. The van der Waals surface area contributed by atoms with E-state index in [4.69, 9.17) is 27.9 Å². The van der Waals surface area contributed by atoms with Gasteiger partial charge in [0.2, 0.25) is 0 Å². The second-order valence-electron chi connectivity index (χ2n) is 12.4. The lowest BCUT2D eigenvalue weighted by atomic mass is 9.88. The van der Waals surface area contributed by atoms with E-state index in [-0.39, 0.29) is 42.6 Å². The second-order valence-corrected chi connectivity index (χ2v) is 14.0. The Bertz CT molecular complexity index is 953. The van der Waals surface area contributed by atoms with Gasteiger partial charge in [0.15, 0.2) is 12.6 Å². The van der Waals surface area contributed by atoms with Crippen LogP contribution < -0.4 is 0 Å². The lowest BCUT2D eigenvalue weighted by molar-refractivity contribution is -0.193. The molecule has 0 N–H and O–H groups in total. The summed E-state index contributed by atoms with van der Waals surface area (Å²) in [5.41, 5.74) is 0. The zero-order valence-electron chi connectivity index (χ0n) is 26.8. The molecular formula is C33H56O9S. The summed E-state index contributed by atoms with van der Waals surface area (Å²) in [7, 11) is -2.28. The molecule has 9 nitrogen and oxygen atoms in total. The number of methoxy groups -OCH3 is 1. The number of ether oxygens (including phenoxy) is 5. The molecule has 0 spiro atoms. The van der Waals surface area contributed by atoms with Crippen molar-refractivity contribution in [2.24, 2.45) is 17.8 Å². The number of carbonyl (C=O) groups excluding carboxylic acids is 1. The van der Waals surface area contributed by atoms with Crippen molar-refractivity contribution in [2.75, 3.05) is 26.6 Å². The average molecular weight is 629 g/mol. The standard InChI is InChI=1S/C33H56O9S/c1-5-6-15-25(2)28(40-32-18-11-13-22-38-32)21-20-27-26(16-9-7-8-10-17-31(34)37-3)30(42-43(4,35)36)24-29(27)41-33-19-12-14-23-39-33/h7,9,20-21,25-30,32-33H,5-6,8,10-19,22-24H2,1-4H3/b9-7-,21-20+/t25-,26+,27+,28+,29+,30+,32?,33?/m0/s1. The largest absolute Gasteiger partial charge is 0.469 e. The van der Waals surface area contributed by atoms with Crippen LogP contribution in [0.1, 0.15) is 104 Å². The van der Waals surface area contributed by atoms with Crippen molar-refractivity contribution in [1.82, 2.24) is 0 Å². The molecular weight excluding hydrogens is 572 g/mol. The molecule has 2 aliphatic heterocycles. The minimum absolute atomic E-state index is 0.0891. The predicted octanol–water partition coefficient (Wildman–Crippen LogP) is 6.46. The molecule has 2 unspecified atom stereocenters. The molecule has 10 heteroatoms. The van der Waals surface area contributed by atoms with Crippen LogP contribution >= 0.6 is 0 Å². The van der Waals surface area contributed by atoms with E-state index in [1.807, 2.05) is 0 Å². The highest BCUT2D eigenvalue weighted by atomic mass is 32.2. The molecule has 3 rings (SSSR count). The van der Waals surface area contributed by atoms with Crippen molar-refractivity contribution in [2.45, 2.75) is 135 Å². The molecule has 1 aliphatic carbocycles. The summed E-state index contributed by atoms with van der Waals surface area (Å²) in [4.78, 5) is 11.5. The summed E-state index contributed by atoms with van der Waals surface area (Å²) in [5.74, 6) is -0.118. The van der Waals surface area contributed by atoms with Crippen molar-refractivity contribution in [3.05, 3.63) is 24.3 Å². The van der Waals surface area contributed by atoms with E-state index in [1.165, 1.54) is 7.11 Å². The van der Waals surface area contributed by atoms with Gasteiger partial charge in [-0.15, -0.1) is 0 Å². The number of allylic oxidation sites excluding steroid dienone is 2. The maximum atomic E-state index is 12.3. The minimum Gasteiger partial charge on any atom is -0.469 e. The molecule has 2 saturated heterocycles. The number of carbonyl (C=O) groups is 1. The summed E-state index contributed by atoms with van der Waals surface area (Å²) < 4.78 is 60.0. The van der Waals surface area contributed by atoms with Crippen molar-refractivity contribution >= 4 is 16.1 Å². The van der Waals surface area contributed by atoms with Gasteiger partial charge < -0.3 is 23.7 Å². The zero-order valence-corrected chi connectivity index (χ0v) is 27.6. The molecule has 0 bridgehead atoms. The molecule has 0 aromatic heterocycles. The Kier molecular flexibility index (Phi) is 16.2. The van der Waals surface area contributed by atoms with E-state index >= 15 is 0 Å². The van der Waals surface area contributed by atoms with Gasteiger partial charge in [-0.05, 0) is 76.0 Å². The van der Waals surface area contributed by atoms with Gasteiger partial charge in [0, 0.05) is 32.0 Å². The van der Waals surface area contributed by atoms with Crippen LogP contribution in [0.15, 0.2) is 24.3 Å². The molecule has 0 amide bonds. The fourth-order valence-corrected chi connectivity index (χ4v) is 6.95. The van der Waals surface area contributed by atoms with Gasteiger partial charge in [-0.25, -0.2) is 0 Å². The van der Waals surface area contributed by atoms with Crippen LogP contribution in [-0.2, 0) is 42.8 Å². The van der Waals surface area contributed by atoms with Crippen LogP contribution in [0.5, 0.6) is 0 Å². The third kappa shape index (κ3) is 13.3. The van der Waals surface area contributed by atoms with E-state index in [1.54, 1.807) is 0 Å². The zero-order chi connectivity index (χ0) is 31.1. The highest BCUT2D eigenvalue weighted by Gasteiger charge is 2.45. The first-order chi connectivity index (χ1) is 20.7. The molecule has 0 aromatic rings. The van der Waals surface area contributed by atoms with Crippen molar-refractivity contribution < 1.29 is 41.1 Å². The Morgan fingerprint density at radius 2 is 1.72 bits per heavy atom. The minimum atomic E-state index is -3.67. The van der Waals surface area contributed by atoms with E-state index < -0.39 is 16.2 Å². The molecule has 43 heavy (non-hydrogen) atoms. The Labute approximate surface area is 260 Å². The van der Waals surface area contributed by atoms with E-state index in [0.717, 1.165) is 77.1 Å². The van der Waals surface area contributed by atoms with Gasteiger partial charge in [-0.2, -0.15) is 8.42 Å². The number of hydrogen-bond acceptors (Lipinski definition) is 9. The maximum Gasteiger partial charge on any atom is 0.305 e. The fourth-order valence-electron chi connectivity index (χ4n) is 6.28. The van der Waals surface area contributed by atoms with Gasteiger partial charge >= 0.3 is 5.97 Å². The lowest BCUT2D eigenvalue weighted by Crippen LogP contribution is -2.32. The number of esters is 1. The monoisotopic (exact) mass is 628 g/mol. The van der Waals surface area contributed by atoms with E-state index in [9.17, 15) is 13.2 Å². The molecule has 8 atom stereocenters. The van der Waals surface area contributed by atoms with Crippen molar-refractivity contribution in [3.63, 3.8) is 0 Å². The molecule has 0 aromatic carbocycles. The third-order valence-corrected chi connectivity index (χ3v) is 9.32. The topological polar surface area (TPSA) is 107 Å². The maximum absolute atomic E-state index is 12.3. The van der Waals surface area contributed by atoms with Gasteiger partial charge in [-0.1, -0.05) is 51.0 Å². The van der Waals surface area contributed by atoms with Crippen LogP contribution in [0.2, 0.25) is 0 Å². The van der Waals surface area contributed by atoms with Gasteiger partial charge in [-0.3, -0.25) is 8.98 Å². The molecule has 0 radical (unpaired) electrons. The van der Waals surface area contributed by atoms with Gasteiger partial charge in [0.25, 0.3) is 10.1 Å². The SMILES string of the molecule is CCCC[C@H](C)[C@@H](/C=C/[C@@H]1[C@@H](C/C=C\CCCC(=O)OC)[C@H](OS(C)(=O)=O)C[C@H]1OC1CCCCO1)OC1CCCCO1. The number of rotatable bonds is 18. The Hall–Kier alpha value is -1.30. The summed E-state index contributed by atoms with van der Waals surface area (Å²) in [6.07, 6.45) is 20.4. The molecule has 248 valence electrons. The molecule has 1 saturated carbocycles. The lowest BCUT2D eigenvalue weighted by Gasteiger charge is -2.31. The Morgan fingerprint density at radius 1 is 1.00 bits per heavy atom. The Balaban J connectivity index is 1.83. The highest BCUT2D eigenvalue weighted by molar-refractivity contribution is 7.86. The summed E-state index contributed by atoms with van der Waals surface area (Å²) in [6, 6.07) is 0. The van der Waals surface area contributed by atoms with Gasteiger partial charge in [0.1, 0.15) is 0 Å². The van der Waals surface area contributed by atoms with Crippen molar-refractivity contribution in [3.8, 4) is 0 Å². The predicted molar refractivity (Wildman–Crippen MR) is 166 cm³/mol. The third-order valence-electron chi connectivity index (χ3n) is 8.73. The summed E-state index contributed by atoms with van der Waals surface area (Å²) in [6.45, 7) is 5.83. The summed E-state index contributed by atoms with van der Waals surface area (Å²) >= 11 is 0. The average Bonchev–Trinajstić information content (AvgIpc) is 3.29. The van der Waals surface area contributed by atoms with Crippen LogP contribution in [0, 0.1) is 17.8 Å². The first kappa shape index (κ1) is 36.2. The first-order valence-corrected chi connectivity index (χ1v) is 18.3. The second kappa shape index (κ2) is 19.3. The highest BCUT2D eigenvalue weighted by Crippen LogP contribution is 2.42. The first-order valence-electron chi connectivity index (χ1n) is 16.5. The van der Waals surface area contributed by atoms with E-state index in [2.05, 4.69) is 38.2 Å². The normalized spacial score (nSPS) is 30.1. The molecule has 2 heterocycles. The molecule has 3 aliphatic rings. The summed E-state index contributed by atoms with van der Waals surface area (Å²) in [5, 5.41) is 0. The quantitative estimate of drug-likeness (QED) is 0.0731. The van der Waals surface area contributed by atoms with Crippen LogP contribution in [0.4, 0.5) is 0 Å². The van der Waals surface area contributed by atoms with Crippen molar-refractivity contribution in [1.29, 1.82) is 0 Å². The molecule has 3 fully saturated rings. The number of unbranched alkanes of at least 4 members (excludes halogenated alkanes) is 2. The van der Waals surface area contributed by atoms with Crippen LogP contribution in [0.25, 0.3) is 0 Å². The number of hydrogen-bond donors (Lipinski definition) is 0. The van der Waals surface area contributed by atoms with Crippen LogP contribution in [0.3, 0.4) is 0 Å². The van der Waals surface area contributed by atoms with Gasteiger partial charge in [0.05, 0.1) is 31.7 Å².